The van der Waals surface area contributed by atoms with E-state index in [1.807, 2.05) is 12.2 Å². The van der Waals surface area contributed by atoms with Gasteiger partial charge in [-0.1, -0.05) is 64.7 Å². The number of unbranched alkanes of at least 4 members (excludes halogenated alkanes) is 1. The van der Waals surface area contributed by atoms with Crippen molar-refractivity contribution in [1.29, 1.82) is 0 Å². The smallest absolute Gasteiger partial charge is 0.0190 e. The fourth-order valence-electron chi connectivity index (χ4n) is 1.40. The number of hydrogen-bond acceptors (Lipinski definition) is 0. The van der Waals surface area contributed by atoms with Crippen molar-refractivity contribution < 1.29 is 0 Å². The maximum atomic E-state index is 4.11. The summed E-state index contributed by atoms with van der Waals surface area (Å²) < 4.78 is 0. The summed E-state index contributed by atoms with van der Waals surface area (Å²) in [5, 5.41) is 0. The Morgan fingerprint density at radius 1 is 1.36 bits per heavy atom. The maximum absolute atomic E-state index is 4.11. The zero-order valence-corrected chi connectivity index (χ0v) is 9.55. The molecule has 78 valence electrons. The highest BCUT2D eigenvalue weighted by atomic mass is 14.1. The summed E-state index contributed by atoms with van der Waals surface area (Å²) in [4.78, 5) is 0. The van der Waals surface area contributed by atoms with Gasteiger partial charge in [0.25, 0.3) is 0 Å². The summed E-state index contributed by atoms with van der Waals surface area (Å²) in [6.07, 6.45) is 9.32. The van der Waals surface area contributed by atoms with E-state index in [4.69, 9.17) is 0 Å². The largest absolute Gasteiger partial charge is 0.0990 e. The lowest BCUT2D eigenvalue weighted by molar-refractivity contribution is 0.579. The third-order valence-corrected chi connectivity index (χ3v) is 2.47. The van der Waals surface area contributed by atoms with Gasteiger partial charge in [0, 0.05) is 0 Å². The minimum atomic E-state index is 0.541. The van der Waals surface area contributed by atoms with Gasteiger partial charge >= 0.3 is 0 Å². The molecule has 0 saturated carbocycles. The summed E-state index contributed by atoms with van der Waals surface area (Å²) in [6.45, 7) is 16.0. The van der Waals surface area contributed by atoms with E-state index >= 15 is 0 Å². The topological polar surface area (TPSA) is 0 Å². The molecular weight excluding hydrogens is 168 g/mol. The van der Waals surface area contributed by atoms with Gasteiger partial charge in [-0.25, -0.2) is 0 Å². The van der Waals surface area contributed by atoms with Gasteiger partial charge in [-0.3, -0.25) is 0 Å². The van der Waals surface area contributed by atoms with Gasteiger partial charge in [0.2, 0.25) is 0 Å². The zero-order chi connectivity index (χ0) is 11.0. The average Bonchev–Trinajstić information content (AvgIpc) is 2.21. The Bertz CT molecular complexity index is 230. The Morgan fingerprint density at radius 2 is 2.00 bits per heavy atom. The molecule has 0 aliphatic heterocycles. The molecule has 0 aromatic rings. The quantitative estimate of drug-likeness (QED) is 0.512. The molecule has 0 radical (unpaired) electrons. The molecule has 0 nitrogen and oxygen atoms in total. The van der Waals surface area contributed by atoms with Crippen molar-refractivity contribution in [2.45, 2.75) is 33.1 Å². The third kappa shape index (κ3) is 4.27. The molecule has 0 aliphatic rings. The van der Waals surface area contributed by atoms with Crippen molar-refractivity contribution in [2.75, 3.05) is 0 Å². The first-order chi connectivity index (χ1) is 6.67. The first-order valence-electron chi connectivity index (χ1n) is 5.31. The highest BCUT2D eigenvalue weighted by Gasteiger charge is 2.07. The fraction of sp³-hybridized carbons (Fsp3) is 0.429. The minimum Gasteiger partial charge on any atom is -0.0990 e. The van der Waals surface area contributed by atoms with Gasteiger partial charge in [0.15, 0.2) is 0 Å². The van der Waals surface area contributed by atoms with Crippen molar-refractivity contribution in [3.05, 3.63) is 49.1 Å². The molecule has 1 unspecified atom stereocenters. The summed E-state index contributed by atoms with van der Waals surface area (Å²) in [5.74, 6) is 0.541. The molecule has 0 heteroatoms. The van der Waals surface area contributed by atoms with E-state index in [2.05, 4.69) is 33.6 Å². The van der Waals surface area contributed by atoms with E-state index in [1.165, 1.54) is 24.8 Å². The third-order valence-electron chi connectivity index (χ3n) is 2.47. The molecule has 0 amide bonds. The van der Waals surface area contributed by atoms with Crippen molar-refractivity contribution in [2.24, 2.45) is 5.92 Å². The van der Waals surface area contributed by atoms with Crippen LogP contribution >= 0.6 is 0 Å². The van der Waals surface area contributed by atoms with Crippen LogP contribution in [0, 0.1) is 5.92 Å². The van der Waals surface area contributed by atoms with Crippen LogP contribution in [0.3, 0.4) is 0 Å². The molecule has 0 aromatic heterocycles. The molecule has 0 rings (SSSR count). The summed E-state index contributed by atoms with van der Waals surface area (Å²) >= 11 is 0. The Labute approximate surface area is 88.7 Å². The van der Waals surface area contributed by atoms with E-state index in [0.717, 1.165) is 5.57 Å². The summed E-state index contributed by atoms with van der Waals surface area (Å²) in [5.41, 5.74) is 2.29. The SMILES string of the molecule is C=C/C=C(\C=C)C(=C)C(C)CCCC. The monoisotopic (exact) mass is 190 g/mol. The van der Waals surface area contributed by atoms with E-state index in [-0.39, 0.29) is 0 Å². The van der Waals surface area contributed by atoms with Gasteiger partial charge in [0.1, 0.15) is 0 Å². The van der Waals surface area contributed by atoms with Crippen LogP contribution in [0.15, 0.2) is 49.1 Å². The highest BCUT2D eigenvalue weighted by molar-refractivity contribution is 5.40. The lowest BCUT2D eigenvalue weighted by Crippen LogP contribution is -2.00. The van der Waals surface area contributed by atoms with Crippen LogP contribution < -0.4 is 0 Å². The predicted molar refractivity (Wildman–Crippen MR) is 66.3 cm³/mol. The van der Waals surface area contributed by atoms with Crippen LogP contribution in [-0.4, -0.2) is 0 Å². The lowest BCUT2D eigenvalue weighted by Gasteiger charge is -2.14. The molecule has 14 heavy (non-hydrogen) atoms. The van der Waals surface area contributed by atoms with Crippen molar-refractivity contribution in [3.8, 4) is 0 Å². The zero-order valence-electron chi connectivity index (χ0n) is 9.55. The predicted octanol–water partition coefficient (Wildman–Crippen LogP) is 4.67. The van der Waals surface area contributed by atoms with Crippen LogP contribution in [0.25, 0.3) is 0 Å². The van der Waals surface area contributed by atoms with Crippen molar-refractivity contribution >= 4 is 0 Å². The van der Waals surface area contributed by atoms with Crippen LogP contribution in [0.2, 0.25) is 0 Å². The first-order valence-corrected chi connectivity index (χ1v) is 5.31. The standard InChI is InChI=1S/C14H22/c1-6-9-11-12(4)13(5)14(8-3)10-7-2/h7-8,10,12H,2-3,5-6,9,11H2,1,4H3/b14-10+. The second-order valence-corrected chi connectivity index (χ2v) is 3.63. The molecule has 0 N–H and O–H groups in total. The Morgan fingerprint density at radius 3 is 2.43 bits per heavy atom. The second kappa shape index (κ2) is 7.37. The molecule has 0 aromatic carbocycles. The van der Waals surface area contributed by atoms with Gasteiger partial charge in [-0.2, -0.15) is 0 Å². The van der Waals surface area contributed by atoms with E-state index in [9.17, 15) is 0 Å². The summed E-state index contributed by atoms with van der Waals surface area (Å²) in [6, 6.07) is 0. The Balaban J connectivity index is 4.34. The molecule has 0 bridgehead atoms. The van der Waals surface area contributed by atoms with Gasteiger partial charge in [-0.15, -0.1) is 0 Å². The van der Waals surface area contributed by atoms with Crippen LogP contribution in [0.1, 0.15) is 33.1 Å². The number of rotatable bonds is 7. The van der Waals surface area contributed by atoms with Crippen molar-refractivity contribution in [3.63, 3.8) is 0 Å². The van der Waals surface area contributed by atoms with E-state index in [0.29, 0.717) is 5.92 Å². The Hall–Kier alpha value is -1.04. The highest BCUT2D eigenvalue weighted by Crippen LogP contribution is 2.23. The molecule has 0 heterocycles. The molecule has 0 spiro atoms. The van der Waals surface area contributed by atoms with Gasteiger partial charge in [-0.05, 0) is 23.5 Å². The minimum absolute atomic E-state index is 0.541. The first kappa shape index (κ1) is 13.0. The van der Waals surface area contributed by atoms with Crippen LogP contribution in [0.5, 0.6) is 0 Å². The second-order valence-electron chi connectivity index (χ2n) is 3.63. The molecule has 0 saturated heterocycles. The maximum Gasteiger partial charge on any atom is -0.0190 e. The fourth-order valence-corrected chi connectivity index (χ4v) is 1.40. The van der Waals surface area contributed by atoms with Crippen molar-refractivity contribution in [1.82, 2.24) is 0 Å². The van der Waals surface area contributed by atoms with Gasteiger partial charge in [0.05, 0.1) is 0 Å². The van der Waals surface area contributed by atoms with E-state index in [1.54, 1.807) is 6.08 Å². The molecular formula is C14H22. The Kier molecular flexibility index (Phi) is 6.82. The normalized spacial score (nSPS) is 13.4. The number of hydrogen-bond donors (Lipinski definition) is 0. The van der Waals surface area contributed by atoms with E-state index < -0.39 is 0 Å². The average molecular weight is 190 g/mol. The summed E-state index contributed by atoms with van der Waals surface area (Å²) in [7, 11) is 0. The lowest BCUT2D eigenvalue weighted by atomic mass is 9.91. The molecule has 0 aliphatic carbocycles. The van der Waals surface area contributed by atoms with Crippen LogP contribution in [0.4, 0.5) is 0 Å². The number of allylic oxidation sites excluding steroid dienone is 5. The van der Waals surface area contributed by atoms with Crippen LogP contribution in [-0.2, 0) is 0 Å². The van der Waals surface area contributed by atoms with Gasteiger partial charge < -0.3 is 0 Å². The molecule has 1 atom stereocenters. The molecule has 0 fully saturated rings.